The van der Waals surface area contributed by atoms with Gasteiger partial charge in [0.2, 0.25) is 0 Å². The van der Waals surface area contributed by atoms with E-state index in [0.29, 0.717) is 12.4 Å². The van der Waals surface area contributed by atoms with Gasteiger partial charge in [-0.05, 0) is 18.4 Å². The Hall–Kier alpha value is -0.680. The van der Waals surface area contributed by atoms with Gasteiger partial charge in [0.1, 0.15) is 0 Å². The highest BCUT2D eigenvalue weighted by molar-refractivity contribution is 7.87. The van der Waals surface area contributed by atoms with Crippen molar-refractivity contribution in [2.24, 2.45) is 0 Å². The van der Waals surface area contributed by atoms with E-state index in [1.807, 2.05) is 17.5 Å². The third kappa shape index (κ3) is 3.59. The van der Waals surface area contributed by atoms with Gasteiger partial charge in [-0.25, -0.2) is 0 Å². The predicted octanol–water partition coefficient (Wildman–Crippen LogP) is 1.81. The minimum atomic E-state index is -1.06. The van der Waals surface area contributed by atoms with E-state index in [0.717, 1.165) is 4.21 Å². The van der Waals surface area contributed by atoms with Crippen LogP contribution in [0.3, 0.4) is 0 Å². The summed E-state index contributed by atoms with van der Waals surface area (Å²) in [4.78, 5) is 11.0. The van der Waals surface area contributed by atoms with Crippen LogP contribution in [0.2, 0.25) is 0 Å². The smallest absolute Gasteiger partial charge is 0.306 e. The molecule has 0 saturated heterocycles. The van der Waals surface area contributed by atoms with Gasteiger partial charge in [0.25, 0.3) is 0 Å². The lowest BCUT2D eigenvalue weighted by Gasteiger charge is -2.00. The topological polar surface area (TPSA) is 43.4 Å². The predicted molar refractivity (Wildman–Crippen MR) is 56.8 cm³/mol. The van der Waals surface area contributed by atoms with E-state index in [4.69, 9.17) is 4.74 Å². The van der Waals surface area contributed by atoms with Crippen LogP contribution in [-0.2, 0) is 20.3 Å². The molecule has 0 aliphatic carbocycles. The number of carbonyl (C=O) groups is 1. The van der Waals surface area contributed by atoms with E-state index in [2.05, 4.69) is 0 Å². The maximum atomic E-state index is 11.5. The summed E-state index contributed by atoms with van der Waals surface area (Å²) in [5.41, 5.74) is 0. The molecule has 78 valence electrons. The lowest BCUT2D eigenvalue weighted by molar-refractivity contribution is -0.142. The Morgan fingerprint density at radius 1 is 1.64 bits per heavy atom. The quantitative estimate of drug-likeness (QED) is 0.727. The number of hydrogen-bond acceptors (Lipinski definition) is 4. The van der Waals surface area contributed by atoms with Gasteiger partial charge in [-0.2, -0.15) is 0 Å². The molecular weight excluding hydrogens is 220 g/mol. The number of carbonyl (C=O) groups excluding carboxylic acids is 1. The van der Waals surface area contributed by atoms with Crippen LogP contribution in [0.4, 0.5) is 0 Å². The van der Waals surface area contributed by atoms with Crippen LogP contribution in [0.25, 0.3) is 0 Å². The summed E-state index contributed by atoms with van der Waals surface area (Å²) in [6.07, 6.45) is 0.221. The van der Waals surface area contributed by atoms with Gasteiger partial charge in [0, 0.05) is 5.75 Å². The summed E-state index contributed by atoms with van der Waals surface area (Å²) in [7, 11) is -1.06. The summed E-state index contributed by atoms with van der Waals surface area (Å²) >= 11 is 1.44. The molecule has 0 radical (unpaired) electrons. The zero-order chi connectivity index (χ0) is 10.4. The number of esters is 1. The molecule has 3 nitrogen and oxygen atoms in total. The van der Waals surface area contributed by atoms with Crippen LogP contribution in [0.15, 0.2) is 21.7 Å². The highest BCUT2D eigenvalue weighted by Crippen LogP contribution is 2.14. The van der Waals surface area contributed by atoms with Crippen LogP contribution in [-0.4, -0.2) is 22.5 Å². The lowest BCUT2D eigenvalue weighted by atomic mass is 10.5. The fourth-order valence-corrected chi connectivity index (χ4v) is 2.98. The number of hydrogen-bond donors (Lipinski definition) is 0. The minimum absolute atomic E-state index is 0.221. The van der Waals surface area contributed by atoms with Crippen LogP contribution >= 0.6 is 11.3 Å². The molecule has 0 aliphatic rings. The van der Waals surface area contributed by atoms with Crippen molar-refractivity contribution >= 4 is 28.1 Å². The van der Waals surface area contributed by atoms with Gasteiger partial charge in [-0.15, -0.1) is 11.3 Å². The van der Waals surface area contributed by atoms with Crippen LogP contribution in [0.5, 0.6) is 0 Å². The third-order valence-electron chi connectivity index (χ3n) is 1.52. The summed E-state index contributed by atoms with van der Waals surface area (Å²) in [6.45, 7) is 2.14. The molecule has 0 spiro atoms. The van der Waals surface area contributed by atoms with Crippen molar-refractivity contribution < 1.29 is 13.7 Å². The maximum absolute atomic E-state index is 11.5. The SMILES string of the molecule is CCOC(=O)CCS(=O)c1cccs1. The summed E-state index contributed by atoms with van der Waals surface area (Å²) < 4.78 is 17.1. The Bertz CT molecular complexity index is 306. The summed E-state index contributed by atoms with van der Waals surface area (Å²) in [6, 6.07) is 3.66. The molecule has 1 unspecified atom stereocenters. The largest absolute Gasteiger partial charge is 0.466 e. The molecule has 0 saturated carbocycles. The first-order valence-corrected chi connectivity index (χ1v) is 6.51. The van der Waals surface area contributed by atoms with E-state index in [1.54, 1.807) is 6.92 Å². The molecule has 1 aromatic rings. The van der Waals surface area contributed by atoms with E-state index in [1.165, 1.54) is 11.3 Å². The number of rotatable bonds is 5. The van der Waals surface area contributed by atoms with Crippen molar-refractivity contribution in [2.45, 2.75) is 17.6 Å². The van der Waals surface area contributed by atoms with Crippen LogP contribution in [0, 0.1) is 0 Å². The highest BCUT2D eigenvalue weighted by atomic mass is 32.2. The van der Waals surface area contributed by atoms with Crippen molar-refractivity contribution in [3.8, 4) is 0 Å². The highest BCUT2D eigenvalue weighted by Gasteiger charge is 2.08. The average molecular weight is 232 g/mol. The lowest BCUT2D eigenvalue weighted by Crippen LogP contribution is -2.08. The molecule has 5 heteroatoms. The van der Waals surface area contributed by atoms with Crippen molar-refractivity contribution in [1.29, 1.82) is 0 Å². The van der Waals surface area contributed by atoms with Crippen LogP contribution < -0.4 is 0 Å². The molecule has 0 N–H and O–H groups in total. The van der Waals surface area contributed by atoms with Gasteiger partial charge in [0.05, 0.1) is 28.0 Å². The molecule has 1 atom stereocenters. The monoisotopic (exact) mass is 232 g/mol. The van der Waals surface area contributed by atoms with E-state index >= 15 is 0 Å². The molecule has 0 bridgehead atoms. The van der Waals surface area contributed by atoms with Crippen molar-refractivity contribution in [3.05, 3.63) is 17.5 Å². The molecule has 0 fully saturated rings. The summed E-state index contributed by atoms with van der Waals surface area (Å²) in [5, 5.41) is 1.87. The Morgan fingerprint density at radius 2 is 2.43 bits per heavy atom. The molecule has 0 aromatic carbocycles. The Balaban J connectivity index is 2.32. The Labute approximate surface area is 89.5 Å². The Morgan fingerprint density at radius 3 is 3.00 bits per heavy atom. The normalized spacial score (nSPS) is 12.4. The van der Waals surface area contributed by atoms with Gasteiger partial charge in [-0.1, -0.05) is 6.07 Å². The third-order valence-corrected chi connectivity index (χ3v) is 4.18. The second kappa shape index (κ2) is 5.93. The fourth-order valence-electron chi connectivity index (χ4n) is 0.903. The standard InChI is InChI=1S/C9H12O3S2/c1-2-12-8(10)5-7-14(11)9-4-3-6-13-9/h3-4,6H,2,5,7H2,1H3. The van der Waals surface area contributed by atoms with Gasteiger partial charge in [-0.3, -0.25) is 9.00 Å². The molecular formula is C9H12O3S2. The van der Waals surface area contributed by atoms with Gasteiger partial charge >= 0.3 is 5.97 Å². The first-order valence-electron chi connectivity index (χ1n) is 4.31. The van der Waals surface area contributed by atoms with Crippen molar-refractivity contribution in [1.82, 2.24) is 0 Å². The number of ether oxygens (including phenoxy) is 1. The molecule has 1 heterocycles. The fraction of sp³-hybridized carbons (Fsp3) is 0.444. The Kier molecular flexibility index (Phi) is 4.82. The maximum Gasteiger partial charge on any atom is 0.306 e. The second-order valence-electron chi connectivity index (χ2n) is 2.54. The minimum Gasteiger partial charge on any atom is -0.466 e. The first-order chi connectivity index (χ1) is 6.74. The van der Waals surface area contributed by atoms with E-state index in [-0.39, 0.29) is 12.4 Å². The average Bonchev–Trinajstić information content (AvgIpc) is 2.67. The second-order valence-corrected chi connectivity index (χ2v) is 5.28. The zero-order valence-corrected chi connectivity index (χ0v) is 9.53. The summed E-state index contributed by atoms with van der Waals surface area (Å²) in [5.74, 6) is 0.0664. The van der Waals surface area contributed by atoms with Crippen molar-refractivity contribution in [3.63, 3.8) is 0 Å². The zero-order valence-electron chi connectivity index (χ0n) is 7.89. The van der Waals surface area contributed by atoms with Crippen molar-refractivity contribution in [2.75, 3.05) is 12.4 Å². The van der Waals surface area contributed by atoms with Gasteiger partial charge < -0.3 is 4.74 Å². The molecule has 0 aliphatic heterocycles. The van der Waals surface area contributed by atoms with Gasteiger partial charge in [0.15, 0.2) is 0 Å². The molecule has 1 aromatic heterocycles. The van der Waals surface area contributed by atoms with E-state index < -0.39 is 10.8 Å². The first kappa shape index (κ1) is 11.4. The molecule has 0 amide bonds. The van der Waals surface area contributed by atoms with Crippen LogP contribution in [0.1, 0.15) is 13.3 Å². The number of thiophene rings is 1. The van der Waals surface area contributed by atoms with E-state index in [9.17, 15) is 9.00 Å². The molecule has 14 heavy (non-hydrogen) atoms. The molecule has 1 rings (SSSR count).